The molecule has 8 aliphatic rings. The molecule has 312 valence electrons. The van der Waals surface area contributed by atoms with Crippen LogP contribution in [0.1, 0.15) is 105 Å². The van der Waals surface area contributed by atoms with Crippen molar-refractivity contribution in [3.05, 3.63) is 11.6 Å². The number of carbonyl (C=O) groups excluding carboxylic acids is 1. The summed E-state index contributed by atoms with van der Waals surface area (Å²) in [5, 5.41) is 66.9. The van der Waals surface area contributed by atoms with Gasteiger partial charge in [0.1, 0.15) is 24.9 Å². The number of ether oxygens (including phenoxy) is 7. The summed E-state index contributed by atoms with van der Waals surface area (Å²) in [4.78, 5) is 11.9. The average molecular weight is 781 g/mol. The zero-order valence-corrected chi connectivity index (χ0v) is 32.9. The van der Waals surface area contributed by atoms with Gasteiger partial charge in [0, 0.05) is 30.8 Å². The molecule has 14 nitrogen and oxygen atoms in total. The van der Waals surface area contributed by atoms with Crippen molar-refractivity contribution >= 4 is 5.97 Å². The number of carbonyl (C=O) groups is 1. The molecule has 4 saturated carbocycles. The highest BCUT2D eigenvalue weighted by Gasteiger charge is 2.71. The first-order valence-corrected chi connectivity index (χ1v) is 20.9. The van der Waals surface area contributed by atoms with Gasteiger partial charge in [0.05, 0.1) is 54.4 Å². The summed E-state index contributed by atoms with van der Waals surface area (Å²) in [5.74, 6) is 0.204. The van der Waals surface area contributed by atoms with Gasteiger partial charge in [-0.05, 0) is 107 Å². The molecule has 8 rings (SSSR count). The van der Waals surface area contributed by atoms with Gasteiger partial charge in [0.25, 0.3) is 0 Å². The standard InChI is InChI=1S/C41H64O14/c1-19-36(47)28(42)15-34(50-19)54-38-21(3)52-35(17-30(38)44)55-37-20(2)51-33(16-29(37)43)53-24-8-10-39(4)23(13-24)6-7-26-27(39)14-31(45)40(5)25(9-11-41(26,40)48)22-12-32(46)49-18-22/h12,19-21,23-31,33-38,42-45,47-48H,6-11,13-18H2,1-5H3/t19-,20-,21-,23-,24-,25+,26-,27+,28+,29+,30+,31+,33+,34-,35-,36-,37+,38+,39-,40+,41-/m1/s1. The van der Waals surface area contributed by atoms with Gasteiger partial charge in [-0.15, -0.1) is 0 Å². The molecule has 0 radical (unpaired) electrons. The summed E-state index contributed by atoms with van der Waals surface area (Å²) in [6.07, 6.45) is -1.51. The van der Waals surface area contributed by atoms with Gasteiger partial charge in [0.15, 0.2) is 18.9 Å². The Morgan fingerprint density at radius 3 is 1.87 bits per heavy atom. The molecule has 0 amide bonds. The molecule has 4 heterocycles. The fourth-order valence-electron chi connectivity index (χ4n) is 12.8. The van der Waals surface area contributed by atoms with E-state index in [1.807, 2.05) is 13.8 Å². The van der Waals surface area contributed by atoms with Crippen LogP contribution in [0.25, 0.3) is 0 Å². The minimum absolute atomic E-state index is 0.0452. The average Bonchev–Trinajstić information content (AvgIpc) is 3.67. The second kappa shape index (κ2) is 15.1. The van der Waals surface area contributed by atoms with Gasteiger partial charge in [0.2, 0.25) is 0 Å². The lowest BCUT2D eigenvalue weighted by Gasteiger charge is -2.65. The number of fused-ring (bicyclic) bond motifs is 5. The molecule has 6 N–H and O–H groups in total. The first-order valence-electron chi connectivity index (χ1n) is 20.9. The summed E-state index contributed by atoms with van der Waals surface area (Å²) in [5.41, 5.74) is -0.892. The van der Waals surface area contributed by atoms with E-state index in [-0.39, 0.29) is 61.1 Å². The molecule has 0 spiro atoms. The van der Waals surface area contributed by atoms with Crippen molar-refractivity contribution < 1.29 is 68.6 Å². The van der Waals surface area contributed by atoms with E-state index < -0.39 is 90.9 Å². The van der Waals surface area contributed by atoms with E-state index in [1.54, 1.807) is 19.9 Å². The molecule has 0 aromatic heterocycles. The van der Waals surface area contributed by atoms with Crippen LogP contribution in [0.4, 0.5) is 0 Å². The lowest BCUT2D eigenvalue weighted by Crippen LogP contribution is -2.67. The van der Waals surface area contributed by atoms with Crippen molar-refractivity contribution in [2.24, 2.45) is 34.5 Å². The van der Waals surface area contributed by atoms with Gasteiger partial charge in [-0.2, -0.15) is 0 Å². The molecule has 14 heteroatoms. The number of esters is 1. The Morgan fingerprint density at radius 1 is 0.691 bits per heavy atom. The second-order valence-electron chi connectivity index (χ2n) is 18.8. The first-order chi connectivity index (χ1) is 26.0. The molecule has 0 aromatic rings. The van der Waals surface area contributed by atoms with Gasteiger partial charge >= 0.3 is 5.97 Å². The van der Waals surface area contributed by atoms with Gasteiger partial charge in [-0.25, -0.2) is 4.79 Å². The maximum absolute atomic E-state index is 12.6. The smallest absolute Gasteiger partial charge is 0.331 e. The fraction of sp³-hybridized carbons (Fsp3) is 0.927. The highest BCUT2D eigenvalue weighted by molar-refractivity contribution is 5.85. The van der Waals surface area contributed by atoms with Gasteiger partial charge in [-0.3, -0.25) is 0 Å². The van der Waals surface area contributed by atoms with Crippen LogP contribution in [0.5, 0.6) is 0 Å². The molecule has 0 unspecified atom stereocenters. The number of aliphatic hydroxyl groups excluding tert-OH is 5. The third-order valence-electron chi connectivity index (χ3n) is 16.0. The van der Waals surface area contributed by atoms with Gasteiger partial charge < -0.3 is 63.8 Å². The minimum Gasteiger partial charge on any atom is -0.458 e. The molecule has 21 atom stereocenters. The first kappa shape index (κ1) is 40.5. The van der Waals surface area contributed by atoms with Crippen molar-refractivity contribution in [1.82, 2.24) is 0 Å². The lowest BCUT2D eigenvalue weighted by atomic mass is 9.42. The predicted octanol–water partition coefficient (Wildman–Crippen LogP) is 2.22. The highest BCUT2D eigenvalue weighted by Crippen LogP contribution is 2.70. The maximum Gasteiger partial charge on any atom is 0.331 e. The molecule has 7 fully saturated rings. The lowest BCUT2D eigenvalue weighted by molar-refractivity contribution is -0.336. The normalized spacial score (nSPS) is 55.5. The van der Waals surface area contributed by atoms with Crippen LogP contribution < -0.4 is 0 Å². The predicted molar refractivity (Wildman–Crippen MR) is 193 cm³/mol. The Bertz CT molecular complexity index is 1410. The molecule has 55 heavy (non-hydrogen) atoms. The Morgan fingerprint density at radius 2 is 1.29 bits per heavy atom. The van der Waals surface area contributed by atoms with Crippen LogP contribution in [0.15, 0.2) is 11.6 Å². The van der Waals surface area contributed by atoms with E-state index in [0.717, 1.165) is 44.1 Å². The van der Waals surface area contributed by atoms with Gasteiger partial charge in [-0.1, -0.05) is 13.8 Å². The third kappa shape index (κ3) is 6.95. The van der Waals surface area contributed by atoms with Crippen LogP contribution in [-0.2, 0) is 38.0 Å². The SMILES string of the molecule is C[C@H]1O[C@H](O[C@@H]2[C@@H](O)C[C@@H](O[C@@H]3[C@@H](O)C[C@H](O[C@@H]4CC[C@]5(C)[C@H](CC[C@@H]6[C@@H]5C[C@H](O)[C@]5(C)[C@H](C7=CC(=O)OC7)CC[C@@]65O)C4)O[C@@H]3C)O[C@@H]2C)C[C@H](O)[C@@H]1O. The van der Waals surface area contributed by atoms with E-state index in [2.05, 4.69) is 6.92 Å². The number of hydrogen-bond acceptors (Lipinski definition) is 14. The number of hydrogen-bond donors (Lipinski definition) is 6. The van der Waals surface area contributed by atoms with E-state index in [0.29, 0.717) is 18.8 Å². The van der Waals surface area contributed by atoms with Crippen LogP contribution in [0.3, 0.4) is 0 Å². The summed E-state index contributed by atoms with van der Waals surface area (Å²) in [6.45, 7) is 9.90. The number of cyclic esters (lactones) is 1. The number of aliphatic hydroxyl groups is 6. The minimum atomic E-state index is -1.01. The summed E-state index contributed by atoms with van der Waals surface area (Å²) in [6, 6.07) is 0. The van der Waals surface area contributed by atoms with Crippen LogP contribution in [0.2, 0.25) is 0 Å². The van der Waals surface area contributed by atoms with Crippen LogP contribution >= 0.6 is 0 Å². The van der Waals surface area contributed by atoms with E-state index in [9.17, 15) is 35.4 Å². The van der Waals surface area contributed by atoms with Crippen molar-refractivity contribution in [2.45, 2.75) is 197 Å². The molecule has 4 aliphatic carbocycles. The van der Waals surface area contributed by atoms with Crippen LogP contribution in [-0.4, -0.2) is 135 Å². The third-order valence-corrected chi connectivity index (χ3v) is 16.0. The molecule has 4 aliphatic heterocycles. The zero-order valence-electron chi connectivity index (χ0n) is 32.9. The maximum atomic E-state index is 12.6. The topological polar surface area (TPSA) is 203 Å². The molecule has 0 bridgehead atoms. The van der Waals surface area contributed by atoms with Crippen molar-refractivity contribution in [3.63, 3.8) is 0 Å². The fourth-order valence-corrected chi connectivity index (χ4v) is 12.8. The van der Waals surface area contributed by atoms with Crippen molar-refractivity contribution in [1.29, 1.82) is 0 Å². The van der Waals surface area contributed by atoms with E-state index in [1.165, 1.54) is 0 Å². The quantitative estimate of drug-likeness (QED) is 0.162. The summed E-state index contributed by atoms with van der Waals surface area (Å²) in [7, 11) is 0. The van der Waals surface area contributed by atoms with E-state index >= 15 is 0 Å². The highest BCUT2D eigenvalue weighted by atomic mass is 16.7. The summed E-state index contributed by atoms with van der Waals surface area (Å²) < 4.78 is 42.1. The molecular formula is C41H64O14. The monoisotopic (exact) mass is 780 g/mol. The molecular weight excluding hydrogens is 716 g/mol. The summed E-state index contributed by atoms with van der Waals surface area (Å²) >= 11 is 0. The Labute approximate surface area is 323 Å². The van der Waals surface area contributed by atoms with E-state index in [4.69, 9.17) is 33.2 Å². The number of rotatable bonds is 7. The Hall–Kier alpha value is -1.27. The molecule has 3 saturated heterocycles. The Balaban J connectivity index is 0.837. The largest absolute Gasteiger partial charge is 0.458 e. The van der Waals surface area contributed by atoms with Crippen molar-refractivity contribution in [3.8, 4) is 0 Å². The Kier molecular flexibility index (Phi) is 11.1. The van der Waals surface area contributed by atoms with Crippen molar-refractivity contribution in [2.75, 3.05) is 6.61 Å². The second-order valence-corrected chi connectivity index (χ2v) is 18.8. The molecule has 0 aromatic carbocycles. The zero-order chi connectivity index (χ0) is 39.2. The van der Waals surface area contributed by atoms with Crippen LogP contribution in [0, 0.1) is 34.5 Å².